The van der Waals surface area contributed by atoms with E-state index in [0.29, 0.717) is 11.3 Å². The second-order valence-electron chi connectivity index (χ2n) is 10.1. The first-order valence-electron chi connectivity index (χ1n) is 13.7. The highest BCUT2D eigenvalue weighted by atomic mass is 16.5. The number of para-hydroxylation sites is 6. The second-order valence-corrected chi connectivity index (χ2v) is 10.1. The van der Waals surface area contributed by atoms with E-state index in [2.05, 4.69) is 82.6 Å². The van der Waals surface area contributed by atoms with Crippen LogP contribution in [-0.2, 0) is 0 Å². The highest BCUT2D eigenvalue weighted by Gasteiger charge is 2.26. The summed E-state index contributed by atoms with van der Waals surface area (Å²) in [6.45, 7) is 0. The van der Waals surface area contributed by atoms with E-state index in [4.69, 9.17) is 4.74 Å². The average molecular weight is 544 g/mol. The number of nitrogens with zero attached hydrogens (tertiary/aromatic N) is 7. The van der Waals surface area contributed by atoms with Gasteiger partial charge in [-0.2, -0.15) is 0 Å². The molecule has 0 saturated heterocycles. The number of anilines is 3. The van der Waals surface area contributed by atoms with Crippen molar-refractivity contribution in [1.82, 2.24) is 29.2 Å². The van der Waals surface area contributed by atoms with Crippen LogP contribution in [0, 0.1) is 0 Å². The molecule has 0 atom stereocenters. The minimum absolute atomic E-state index is 0.651. The van der Waals surface area contributed by atoms with Crippen LogP contribution in [0.1, 0.15) is 0 Å². The van der Waals surface area contributed by atoms with Crippen LogP contribution >= 0.6 is 0 Å². The predicted octanol–water partition coefficient (Wildman–Crippen LogP) is 7.83. The first kappa shape index (κ1) is 22.8. The Balaban J connectivity index is 1.21. The molecule has 0 fully saturated rings. The Hall–Kier alpha value is -6.02. The summed E-state index contributed by atoms with van der Waals surface area (Å²) in [7, 11) is 0. The molecule has 9 rings (SSSR count). The quantitative estimate of drug-likeness (QED) is 0.226. The lowest BCUT2D eigenvalue weighted by Gasteiger charge is -2.32. The summed E-state index contributed by atoms with van der Waals surface area (Å²) >= 11 is 0. The van der Waals surface area contributed by atoms with Crippen molar-refractivity contribution in [2.45, 2.75) is 0 Å². The van der Waals surface area contributed by atoms with E-state index in [1.807, 2.05) is 78.9 Å². The van der Waals surface area contributed by atoms with Gasteiger partial charge < -0.3 is 9.64 Å². The molecule has 0 spiro atoms. The summed E-state index contributed by atoms with van der Waals surface area (Å²) in [5.41, 5.74) is 8.19. The van der Waals surface area contributed by atoms with Gasteiger partial charge in [0.2, 0.25) is 11.3 Å². The van der Waals surface area contributed by atoms with Crippen LogP contribution in [0.5, 0.6) is 11.5 Å². The third-order valence-electron chi connectivity index (χ3n) is 7.74. The number of ether oxygens (including phenoxy) is 1. The zero-order chi connectivity index (χ0) is 27.6. The topological polar surface area (TPSA) is 72.8 Å². The van der Waals surface area contributed by atoms with E-state index in [0.717, 1.165) is 62.4 Å². The molecular formula is C34H21N7O. The third kappa shape index (κ3) is 3.23. The maximum Gasteiger partial charge on any atom is 0.207 e. The van der Waals surface area contributed by atoms with Gasteiger partial charge in [-0.25, -0.2) is 0 Å². The molecule has 0 radical (unpaired) electrons. The molecule has 3 aromatic heterocycles. The fourth-order valence-corrected chi connectivity index (χ4v) is 5.86. The Morgan fingerprint density at radius 2 is 0.905 bits per heavy atom. The molecule has 0 bridgehead atoms. The summed E-state index contributed by atoms with van der Waals surface area (Å²) in [6, 6.07) is 42.9. The first-order chi connectivity index (χ1) is 20.8. The van der Waals surface area contributed by atoms with Gasteiger partial charge in [0, 0.05) is 16.8 Å². The van der Waals surface area contributed by atoms with Gasteiger partial charge in [0.1, 0.15) is 0 Å². The minimum Gasteiger partial charge on any atom is -0.453 e. The van der Waals surface area contributed by atoms with Crippen molar-refractivity contribution in [1.29, 1.82) is 0 Å². The molecule has 42 heavy (non-hydrogen) atoms. The third-order valence-corrected chi connectivity index (χ3v) is 7.74. The first-order valence-corrected chi connectivity index (χ1v) is 13.7. The molecule has 0 N–H and O–H groups in total. The maximum atomic E-state index is 6.19. The fraction of sp³-hybridized carbons (Fsp3) is 0. The number of benzene rings is 5. The molecular weight excluding hydrogens is 522 g/mol. The maximum absolute atomic E-state index is 6.19. The van der Waals surface area contributed by atoms with Crippen molar-refractivity contribution in [3.63, 3.8) is 0 Å². The molecule has 1 aliphatic rings. The van der Waals surface area contributed by atoms with E-state index in [1.165, 1.54) is 0 Å². The summed E-state index contributed by atoms with van der Waals surface area (Å²) in [5.74, 6) is 3.15. The highest BCUT2D eigenvalue weighted by Crippen LogP contribution is 2.50. The number of hydrogen-bond acceptors (Lipinski definition) is 6. The van der Waals surface area contributed by atoms with Crippen LogP contribution in [0.15, 0.2) is 127 Å². The molecule has 8 aromatic rings. The smallest absolute Gasteiger partial charge is 0.207 e. The monoisotopic (exact) mass is 543 g/mol. The molecule has 0 saturated carbocycles. The zero-order valence-electron chi connectivity index (χ0n) is 22.2. The van der Waals surface area contributed by atoms with Crippen molar-refractivity contribution >= 4 is 39.4 Å². The van der Waals surface area contributed by atoms with Crippen LogP contribution < -0.4 is 9.64 Å². The fourth-order valence-electron chi connectivity index (χ4n) is 5.86. The van der Waals surface area contributed by atoms with Crippen molar-refractivity contribution in [3.8, 4) is 34.3 Å². The standard InChI is InChI=1S/C34H21N7O/c1-2-10-22(11-3-1)31-35-37-33-34-38-36-32(41(34)26-13-5-4-12-25(26)40(31)33)23-18-20-24(21-19-23)39-27-14-6-8-16-29(27)42-30-17-9-7-15-28(30)39/h1-21H. The van der Waals surface area contributed by atoms with Gasteiger partial charge >= 0.3 is 0 Å². The second kappa shape index (κ2) is 8.74. The molecule has 5 aromatic carbocycles. The van der Waals surface area contributed by atoms with Crippen LogP contribution in [0.25, 0.3) is 45.1 Å². The van der Waals surface area contributed by atoms with Gasteiger partial charge in [0.25, 0.3) is 0 Å². The van der Waals surface area contributed by atoms with E-state index in [-0.39, 0.29) is 0 Å². The Morgan fingerprint density at radius 1 is 0.429 bits per heavy atom. The highest BCUT2D eigenvalue weighted by molar-refractivity contribution is 5.90. The van der Waals surface area contributed by atoms with Gasteiger partial charge in [-0.1, -0.05) is 66.7 Å². The molecule has 0 amide bonds. The predicted molar refractivity (Wildman–Crippen MR) is 163 cm³/mol. The number of fused-ring (bicyclic) bond motifs is 8. The lowest BCUT2D eigenvalue weighted by molar-refractivity contribution is 0.477. The lowest BCUT2D eigenvalue weighted by atomic mass is 10.1. The molecule has 4 heterocycles. The van der Waals surface area contributed by atoms with E-state index >= 15 is 0 Å². The molecule has 198 valence electrons. The SMILES string of the molecule is c1ccc(-c2nnc3c4nnc(-c5ccc(N6c7ccccc7Oc7ccccc76)cc5)n4c4ccccc4n23)cc1. The van der Waals surface area contributed by atoms with Crippen LogP contribution in [-0.4, -0.2) is 29.2 Å². The largest absolute Gasteiger partial charge is 0.453 e. The summed E-state index contributed by atoms with van der Waals surface area (Å²) in [4.78, 5) is 2.22. The molecule has 1 aliphatic heterocycles. The van der Waals surface area contributed by atoms with Gasteiger partial charge in [0.05, 0.1) is 22.4 Å². The molecule has 8 heteroatoms. The normalized spacial score (nSPS) is 12.4. The van der Waals surface area contributed by atoms with Crippen LogP contribution in [0.2, 0.25) is 0 Å². The Kier molecular flexibility index (Phi) is 4.74. The lowest BCUT2D eigenvalue weighted by Crippen LogP contribution is -2.15. The van der Waals surface area contributed by atoms with E-state index in [1.54, 1.807) is 0 Å². The van der Waals surface area contributed by atoms with E-state index < -0.39 is 0 Å². The number of rotatable bonds is 3. The van der Waals surface area contributed by atoms with E-state index in [9.17, 15) is 0 Å². The zero-order valence-corrected chi connectivity index (χ0v) is 22.2. The molecule has 8 nitrogen and oxygen atoms in total. The van der Waals surface area contributed by atoms with Crippen LogP contribution in [0.4, 0.5) is 17.1 Å². The van der Waals surface area contributed by atoms with Crippen molar-refractivity contribution < 1.29 is 4.74 Å². The van der Waals surface area contributed by atoms with Crippen LogP contribution in [0.3, 0.4) is 0 Å². The summed E-state index contributed by atoms with van der Waals surface area (Å²) in [5, 5.41) is 18.4. The Morgan fingerprint density at radius 3 is 1.48 bits per heavy atom. The van der Waals surface area contributed by atoms with Gasteiger partial charge in [-0.3, -0.25) is 8.80 Å². The summed E-state index contributed by atoms with van der Waals surface area (Å²) < 4.78 is 10.3. The molecule has 0 unspecified atom stereocenters. The summed E-state index contributed by atoms with van der Waals surface area (Å²) in [6.07, 6.45) is 0. The van der Waals surface area contributed by atoms with Crippen molar-refractivity contribution in [2.24, 2.45) is 0 Å². The average Bonchev–Trinajstić information content (AvgIpc) is 3.70. The minimum atomic E-state index is 0.651. The Bertz CT molecular complexity index is 2240. The Labute approximate surface area is 239 Å². The number of aromatic nitrogens is 6. The molecule has 0 aliphatic carbocycles. The number of hydrogen-bond donors (Lipinski definition) is 0. The van der Waals surface area contributed by atoms with Crippen molar-refractivity contribution in [3.05, 3.63) is 127 Å². The van der Waals surface area contributed by atoms with Gasteiger partial charge in [0.15, 0.2) is 23.1 Å². The van der Waals surface area contributed by atoms with Gasteiger partial charge in [-0.15, -0.1) is 20.4 Å². The van der Waals surface area contributed by atoms with Gasteiger partial charge in [-0.05, 0) is 60.7 Å². The van der Waals surface area contributed by atoms with Crippen molar-refractivity contribution in [2.75, 3.05) is 4.90 Å².